The predicted molar refractivity (Wildman–Crippen MR) is 152 cm³/mol. The van der Waals surface area contributed by atoms with Gasteiger partial charge in [0.25, 0.3) is 5.79 Å². The molecule has 10 heteroatoms. The van der Waals surface area contributed by atoms with Gasteiger partial charge in [0.1, 0.15) is 17.4 Å². The first kappa shape index (κ1) is 28.0. The van der Waals surface area contributed by atoms with Gasteiger partial charge in [0.05, 0.1) is 30.8 Å². The molecule has 0 amide bonds. The second kappa shape index (κ2) is 11.2. The van der Waals surface area contributed by atoms with Gasteiger partial charge in [-0.25, -0.2) is 14.4 Å². The Kier molecular flexibility index (Phi) is 7.49. The fraction of sp³-hybridized carbons (Fsp3) is 0.406. The van der Waals surface area contributed by atoms with E-state index >= 15 is 0 Å². The van der Waals surface area contributed by atoms with Crippen LogP contribution in [0, 0.1) is 19.7 Å². The third-order valence-electron chi connectivity index (χ3n) is 8.38. The molecule has 0 bridgehead atoms. The molecule has 1 saturated heterocycles. The number of fused-ring (bicyclic) bond motifs is 1. The van der Waals surface area contributed by atoms with Crippen LogP contribution < -0.4 is 9.47 Å². The summed E-state index contributed by atoms with van der Waals surface area (Å²) in [4.78, 5) is 22.5. The lowest BCUT2D eigenvalue weighted by Gasteiger charge is -2.32. The number of ether oxygens (including phenoxy) is 2. The Hall–Kier alpha value is -4.18. The number of halogens is 1. The van der Waals surface area contributed by atoms with E-state index in [1.54, 1.807) is 19.2 Å². The SMILES string of the molecule is Cc1ccc(C2(C)Oc3cccc(C4CCN(Cc5ncc(CCC(=O)O)n5Cc5ocnc5C)CC4)c3O2)c(F)c1. The number of carboxylic acids is 1. The Morgan fingerprint density at radius 2 is 1.93 bits per heavy atom. The highest BCUT2D eigenvalue weighted by atomic mass is 19.1. The van der Waals surface area contributed by atoms with Crippen molar-refractivity contribution in [1.29, 1.82) is 0 Å². The average Bonchev–Trinajstić information content (AvgIpc) is 3.64. The van der Waals surface area contributed by atoms with E-state index in [1.807, 2.05) is 32.0 Å². The van der Waals surface area contributed by atoms with Gasteiger partial charge in [0.15, 0.2) is 17.9 Å². The molecule has 1 N–H and O–H groups in total. The van der Waals surface area contributed by atoms with Gasteiger partial charge in [-0.3, -0.25) is 9.69 Å². The van der Waals surface area contributed by atoms with Crippen LogP contribution in [-0.2, 0) is 30.1 Å². The summed E-state index contributed by atoms with van der Waals surface area (Å²) in [5, 5.41) is 9.22. The van der Waals surface area contributed by atoms with Crippen molar-refractivity contribution in [3.05, 3.63) is 94.5 Å². The van der Waals surface area contributed by atoms with Gasteiger partial charge in [-0.1, -0.05) is 18.2 Å². The van der Waals surface area contributed by atoms with E-state index in [2.05, 4.69) is 25.5 Å². The number of carboxylic acid groups (broad SMARTS) is 1. The lowest BCUT2D eigenvalue weighted by Crippen LogP contribution is -2.34. The minimum absolute atomic E-state index is 0.0364. The van der Waals surface area contributed by atoms with Crippen molar-refractivity contribution in [3.63, 3.8) is 0 Å². The monoisotopic (exact) mass is 574 g/mol. The molecule has 9 nitrogen and oxygen atoms in total. The van der Waals surface area contributed by atoms with Gasteiger partial charge in [-0.2, -0.15) is 0 Å². The number of piperidine rings is 1. The number of oxazole rings is 1. The Morgan fingerprint density at radius 3 is 2.64 bits per heavy atom. The van der Waals surface area contributed by atoms with Crippen LogP contribution in [0.25, 0.3) is 0 Å². The maximum Gasteiger partial charge on any atom is 0.303 e. The fourth-order valence-electron chi connectivity index (χ4n) is 6.00. The van der Waals surface area contributed by atoms with E-state index in [1.165, 1.54) is 12.5 Å². The molecule has 42 heavy (non-hydrogen) atoms. The van der Waals surface area contributed by atoms with Crippen LogP contribution in [0.4, 0.5) is 4.39 Å². The van der Waals surface area contributed by atoms with Crippen molar-refractivity contribution < 1.29 is 28.2 Å². The minimum Gasteiger partial charge on any atom is -0.481 e. The summed E-state index contributed by atoms with van der Waals surface area (Å²) in [5.41, 5.74) is 3.98. The van der Waals surface area contributed by atoms with E-state index in [0.29, 0.717) is 36.6 Å². The lowest BCUT2D eigenvalue weighted by atomic mass is 9.88. The first-order valence-electron chi connectivity index (χ1n) is 14.3. The molecule has 6 rings (SSSR count). The summed E-state index contributed by atoms with van der Waals surface area (Å²) < 4.78 is 35.1. The zero-order valence-electron chi connectivity index (χ0n) is 24.1. The number of hydrogen-bond acceptors (Lipinski definition) is 7. The molecule has 0 radical (unpaired) electrons. The number of imidazole rings is 1. The number of nitrogens with zero attached hydrogens (tertiary/aromatic N) is 4. The number of para-hydroxylation sites is 1. The van der Waals surface area contributed by atoms with Crippen molar-refractivity contribution in [2.45, 2.75) is 71.2 Å². The van der Waals surface area contributed by atoms with Crippen molar-refractivity contribution >= 4 is 5.97 Å². The Balaban J connectivity index is 1.15. The van der Waals surface area contributed by atoms with Gasteiger partial charge >= 0.3 is 5.97 Å². The van der Waals surface area contributed by atoms with E-state index in [0.717, 1.165) is 60.0 Å². The lowest BCUT2D eigenvalue weighted by molar-refractivity contribution is -0.137. The van der Waals surface area contributed by atoms with Crippen LogP contribution in [0.2, 0.25) is 0 Å². The van der Waals surface area contributed by atoms with Crippen molar-refractivity contribution in [1.82, 2.24) is 19.4 Å². The van der Waals surface area contributed by atoms with Crippen molar-refractivity contribution in [3.8, 4) is 11.5 Å². The molecule has 0 spiro atoms. The summed E-state index contributed by atoms with van der Waals surface area (Å²) in [6.45, 7) is 8.33. The molecule has 2 aliphatic heterocycles. The number of likely N-dealkylation sites (tertiary alicyclic amines) is 1. The molecule has 1 unspecified atom stereocenters. The van der Waals surface area contributed by atoms with Gasteiger partial charge in [0, 0.05) is 24.4 Å². The molecule has 4 heterocycles. The normalized spacial score (nSPS) is 19.0. The molecular weight excluding hydrogens is 539 g/mol. The fourth-order valence-corrected chi connectivity index (χ4v) is 6.00. The highest BCUT2D eigenvalue weighted by Crippen LogP contribution is 2.49. The first-order valence-corrected chi connectivity index (χ1v) is 14.3. The van der Waals surface area contributed by atoms with Crippen molar-refractivity contribution in [2.24, 2.45) is 0 Å². The summed E-state index contributed by atoms with van der Waals surface area (Å²) in [5.74, 6) is 0.800. The van der Waals surface area contributed by atoms with Crippen LogP contribution in [0.5, 0.6) is 11.5 Å². The van der Waals surface area contributed by atoms with E-state index in [4.69, 9.17) is 13.9 Å². The number of aliphatic carboxylic acids is 1. The Labute approximate surface area is 243 Å². The predicted octanol–water partition coefficient (Wildman–Crippen LogP) is 5.72. The second-order valence-corrected chi connectivity index (χ2v) is 11.4. The third kappa shape index (κ3) is 5.51. The average molecular weight is 575 g/mol. The maximum atomic E-state index is 14.9. The molecule has 0 saturated carbocycles. The summed E-state index contributed by atoms with van der Waals surface area (Å²) >= 11 is 0. The van der Waals surface area contributed by atoms with Crippen molar-refractivity contribution in [2.75, 3.05) is 13.1 Å². The highest BCUT2D eigenvalue weighted by molar-refractivity contribution is 5.67. The van der Waals surface area contributed by atoms with Crippen LogP contribution in [0.15, 0.2) is 53.4 Å². The molecule has 4 aromatic rings. The molecule has 2 aliphatic rings. The van der Waals surface area contributed by atoms with Crippen LogP contribution in [0.1, 0.15) is 71.8 Å². The molecule has 1 fully saturated rings. The van der Waals surface area contributed by atoms with Gasteiger partial charge in [0.2, 0.25) is 0 Å². The zero-order valence-corrected chi connectivity index (χ0v) is 24.1. The molecule has 2 aromatic carbocycles. The van der Waals surface area contributed by atoms with Crippen LogP contribution >= 0.6 is 0 Å². The molecule has 2 aromatic heterocycles. The third-order valence-corrected chi connectivity index (χ3v) is 8.38. The van der Waals surface area contributed by atoms with E-state index in [9.17, 15) is 14.3 Å². The smallest absolute Gasteiger partial charge is 0.303 e. The quantitative estimate of drug-likeness (QED) is 0.271. The summed E-state index contributed by atoms with van der Waals surface area (Å²) in [7, 11) is 0. The van der Waals surface area contributed by atoms with Crippen LogP contribution in [-0.4, -0.2) is 43.6 Å². The molecule has 1 atom stereocenters. The van der Waals surface area contributed by atoms with E-state index < -0.39 is 11.8 Å². The molecule has 0 aliphatic carbocycles. The van der Waals surface area contributed by atoms with Gasteiger partial charge in [-0.05, 0) is 75.9 Å². The number of carbonyl (C=O) groups is 1. The number of aryl methyl sites for hydroxylation is 3. The molecular formula is C32H35FN4O5. The highest BCUT2D eigenvalue weighted by Gasteiger charge is 2.42. The Bertz CT molecular complexity index is 1610. The first-order chi connectivity index (χ1) is 20.2. The maximum absolute atomic E-state index is 14.9. The minimum atomic E-state index is -1.23. The molecule has 220 valence electrons. The van der Waals surface area contributed by atoms with Crippen LogP contribution in [0.3, 0.4) is 0 Å². The standard InChI is InChI=1S/C32H35FN4O5/c1-20-7-9-25(26(33)15-20)32(3)41-27-6-4-5-24(31(27)42-32)22-11-13-36(14-12-22)18-29-34-16-23(8-10-30(38)39)37(29)17-28-21(2)35-19-40-28/h4-7,9,15-16,19,22H,8,10-14,17-18H2,1-3H3,(H,38,39). The number of benzene rings is 2. The van der Waals surface area contributed by atoms with E-state index in [-0.39, 0.29) is 18.2 Å². The summed E-state index contributed by atoms with van der Waals surface area (Å²) in [6, 6.07) is 11.0. The largest absolute Gasteiger partial charge is 0.481 e. The number of aromatic nitrogens is 3. The van der Waals surface area contributed by atoms with Gasteiger partial charge < -0.3 is 23.6 Å². The van der Waals surface area contributed by atoms with Gasteiger partial charge in [-0.15, -0.1) is 0 Å². The zero-order chi connectivity index (χ0) is 29.4. The topological polar surface area (TPSA) is 103 Å². The second-order valence-electron chi connectivity index (χ2n) is 11.4. The summed E-state index contributed by atoms with van der Waals surface area (Å²) in [6.07, 6.45) is 5.47. The number of rotatable bonds is 9. The number of hydrogen-bond donors (Lipinski definition) is 1. The Morgan fingerprint density at radius 1 is 1.12 bits per heavy atom.